The van der Waals surface area contributed by atoms with Crippen LogP contribution in [-0.4, -0.2) is 0 Å². The van der Waals surface area contributed by atoms with Crippen molar-refractivity contribution in [1.29, 1.82) is 0 Å². The van der Waals surface area contributed by atoms with Gasteiger partial charge in [-0.25, -0.2) is 5.43 Å². The van der Waals surface area contributed by atoms with Gasteiger partial charge in [0.05, 0.1) is 8.93 Å². The van der Waals surface area contributed by atoms with E-state index in [9.17, 15) is 0 Å². The molecule has 2 aromatic carbocycles. The number of nitrogens with two attached hydrogens (primary N) is 1. The SMILES string of the molecule is NNC(c1ccc(-c2ccccc2)cc1)c1csc(I)c1. The summed E-state index contributed by atoms with van der Waals surface area (Å²) in [6, 6.07) is 21.2. The van der Waals surface area contributed by atoms with Crippen LogP contribution in [0.4, 0.5) is 0 Å². The van der Waals surface area contributed by atoms with Crippen LogP contribution in [0, 0.1) is 2.88 Å². The molecule has 1 aromatic heterocycles. The zero-order chi connectivity index (χ0) is 14.7. The van der Waals surface area contributed by atoms with Gasteiger partial charge in [-0.05, 0) is 56.3 Å². The molecule has 0 aliphatic carbocycles. The lowest BCUT2D eigenvalue weighted by Crippen LogP contribution is -2.28. The van der Waals surface area contributed by atoms with E-state index in [2.05, 4.69) is 88.0 Å². The Morgan fingerprint density at radius 1 is 0.905 bits per heavy atom. The lowest BCUT2D eigenvalue weighted by Gasteiger charge is -2.15. The average Bonchev–Trinajstić information content (AvgIpc) is 2.96. The Balaban J connectivity index is 1.89. The molecule has 0 saturated heterocycles. The van der Waals surface area contributed by atoms with Crippen molar-refractivity contribution in [3.63, 3.8) is 0 Å². The van der Waals surface area contributed by atoms with E-state index < -0.39 is 0 Å². The molecule has 1 atom stereocenters. The average molecular weight is 406 g/mol. The molecule has 3 N–H and O–H groups in total. The highest BCUT2D eigenvalue weighted by atomic mass is 127. The first kappa shape index (κ1) is 14.7. The van der Waals surface area contributed by atoms with E-state index in [1.54, 1.807) is 11.3 Å². The lowest BCUT2D eigenvalue weighted by atomic mass is 9.98. The monoisotopic (exact) mass is 406 g/mol. The Kier molecular flexibility index (Phi) is 4.70. The molecule has 1 heterocycles. The molecule has 21 heavy (non-hydrogen) atoms. The first-order valence-electron chi connectivity index (χ1n) is 6.63. The summed E-state index contributed by atoms with van der Waals surface area (Å²) in [7, 11) is 0. The van der Waals surface area contributed by atoms with E-state index >= 15 is 0 Å². The molecule has 3 rings (SSSR count). The van der Waals surface area contributed by atoms with Crippen molar-refractivity contribution >= 4 is 33.9 Å². The Labute approximate surface area is 142 Å². The Hall–Kier alpha value is -1.21. The molecule has 0 bridgehead atoms. The van der Waals surface area contributed by atoms with Gasteiger partial charge in [0.2, 0.25) is 0 Å². The quantitative estimate of drug-likeness (QED) is 0.379. The maximum absolute atomic E-state index is 5.75. The van der Waals surface area contributed by atoms with Crippen LogP contribution in [0.5, 0.6) is 0 Å². The maximum atomic E-state index is 5.75. The number of hydrazine groups is 1. The van der Waals surface area contributed by atoms with Gasteiger partial charge in [0, 0.05) is 0 Å². The molecule has 0 aliphatic rings. The van der Waals surface area contributed by atoms with Crippen LogP contribution >= 0.6 is 33.9 Å². The fraction of sp³-hybridized carbons (Fsp3) is 0.0588. The molecule has 4 heteroatoms. The summed E-state index contributed by atoms with van der Waals surface area (Å²) >= 11 is 4.07. The van der Waals surface area contributed by atoms with E-state index in [4.69, 9.17) is 5.84 Å². The Morgan fingerprint density at radius 2 is 1.57 bits per heavy atom. The minimum absolute atomic E-state index is 0.0367. The van der Waals surface area contributed by atoms with E-state index in [0.29, 0.717) is 0 Å². The predicted octanol–water partition coefficient (Wildman–Crippen LogP) is 4.57. The molecule has 0 amide bonds. The van der Waals surface area contributed by atoms with Crippen molar-refractivity contribution in [2.45, 2.75) is 6.04 Å². The molecule has 1 unspecified atom stereocenters. The van der Waals surface area contributed by atoms with Gasteiger partial charge in [0.15, 0.2) is 0 Å². The van der Waals surface area contributed by atoms with Gasteiger partial charge in [0.25, 0.3) is 0 Å². The number of hydrogen-bond acceptors (Lipinski definition) is 3. The summed E-state index contributed by atoms with van der Waals surface area (Å²) < 4.78 is 1.27. The number of benzene rings is 2. The van der Waals surface area contributed by atoms with Gasteiger partial charge >= 0.3 is 0 Å². The van der Waals surface area contributed by atoms with E-state index in [-0.39, 0.29) is 6.04 Å². The van der Waals surface area contributed by atoms with Gasteiger partial charge in [-0.1, -0.05) is 54.6 Å². The molecule has 3 aromatic rings. The van der Waals surface area contributed by atoms with Crippen molar-refractivity contribution in [3.8, 4) is 11.1 Å². The molecular weight excluding hydrogens is 391 g/mol. The lowest BCUT2D eigenvalue weighted by molar-refractivity contribution is 0.639. The molecule has 0 saturated carbocycles. The fourth-order valence-electron chi connectivity index (χ4n) is 2.36. The summed E-state index contributed by atoms with van der Waals surface area (Å²) in [4.78, 5) is 0. The van der Waals surface area contributed by atoms with Crippen LogP contribution in [-0.2, 0) is 0 Å². The first-order valence-corrected chi connectivity index (χ1v) is 8.59. The van der Waals surface area contributed by atoms with Crippen molar-refractivity contribution in [1.82, 2.24) is 5.43 Å². The molecule has 0 radical (unpaired) electrons. The predicted molar refractivity (Wildman–Crippen MR) is 98.1 cm³/mol. The molecule has 2 nitrogen and oxygen atoms in total. The van der Waals surface area contributed by atoms with Crippen molar-refractivity contribution in [2.24, 2.45) is 5.84 Å². The zero-order valence-electron chi connectivity index (χ0n) is 11.3. The highest BCUT2D eigenvalue weighted by Crippen LogP contribution is 2.28. The number of hydrogen-bond donors (Lipinski definition) is 2. The van der Waals surface area contributed by atoms with Crippen LogP contribution in [0.25, 0.3) is 11.1 Å². The first-order chi connectivity index (χ1) is 10.3. The van der Waals surface area contributed by atoms with Crippen LogP contribution in [0.1, 0.15) is 17.2 Å². The highest BCUT2D eigenvalue weighted by Gasteiger charge is 2.13. The molecule has 106 valence electrons. The minimum atomic E-state index is 0.0367. The molecule has 0 spiro atoms. The Morgan fingerprint density at radius 3 is 2.14 bits per heavy atom. The number of halogens is 1. The van der Waals surface area contributed by atoms with E-state index in [1.807, 2.05) is 6.07 Å². The summed E-state index contributed by atoms with van der Waals surface area (Å²) in [5, 5.41) is 2.15. The summed E-state index contributed by atoms with van der Waals surface area (Å²) in [6.45, 7) is 0. The summed E-state index contributed by atoms with van der Waals surface area (Å²) in [5.41, 5.74) is 7.74. The number of thiophene rings is 1. The van der Waals surface area contributed by atoms with Gasteiger partial charge in [0.1, 0.15) is 0 Å². The van der Waals surface area contributed by atoms with Gasteiger partial charge < -0.3 is 0 Å². The number of rotatable bonds is 4. The zero-order valence-corrected chi connectivity index (χ0v) is 14.3. The van der Waals surface area contributed by atoms with E-state index in [1.165, 1.54) is 25.1 Å². The molecule has 0 fully saturated rings. The smallest absolute Gasteiger partial charge is 0.0718 e. The molecular formula is C17H15IN2S. The van der Waals surface area contributed by atoms with Crippen LogP contribution in [0.15, 0.2) is 66.0 Å². The number of nitrogens with one attached hydrogen (secondary N) is 1. The normalized spacial score (nSPS) is 12.3. The van der Waals surface area contributed by atoms with Crippen molar-refractivity contribution in [2.75, 3.05) is 0 Å². The third-order valence-electron chi connectivity index (χ3n) is 3.44. The maximum Gasteiger partial charge on any atom is 0.0718 e. The van der Waals surface area contributed by atoms with Gasteiger partial charge in [-0.2, -0.15) is 0 Å². The largest absolute Gasteiger partial charge is 0.271 e. The van der Waals surface area contributed by atoms with E-state index in [0.717, 1.165) is 0 Å². The van der Waals surface area contributed by atoms with Gasteiger partial charge in [-0.3, -0.25) is 5.84 Å². The third-order valence-corrected chi connectivity index (χ3v) is 5.25. The standard InChI is InChI=1S/C17H15IN2S/c18-16-10-15(11-21-16)17(20-19)14-8-6-13(7-9-14)12-4-2-1-3-5-12/h1-11,17,20H,19H2. The second kappa shape index (κ2) is 6.70. The summed E-state index contributed by atoms with van der Waals surface area (Å²) in [5.74, 6) is 5.75. The fourth-order valence-corrected chi connectivity index (χ4v) is 3.76. The topological polar surface area (TPSA) is 38.0 Å². The molecule has 0 aliphatic heterocycles. The van der Waals surface area contributed by atoms with Crippen molar-refractivity contribution in [3.05, 3.63) is 80.1 Å². The highest BCUT2D eigenvalue weighted by molar-refractivity contribution is 14.1. The summed E-state index contributed by atoms with van der Waals surface area (Å²) in [6.07, 6.45) is 0. The minimum Gasteiger partial charge on any atom is -0.271 e. The second-order valence-corrected chi connectivity index (χ2v) is 7.58. The van der Waals surface area contributed by atoms with Crippen LogP contribution in [0.2, 0.25) is 0 Å². The van der Waals surface area contributed by atoms with Gasteiger partial charge in [-0.15, -0.1) is 11.3 Å². The van der Waals surface area contributed by atoms with Crippen LogP contribution in [0.3, 0.4) is 0 Å². The second-order valence-electron chi connectivity index (χ2n) is 4.77. The third kappa shape index (κ3) is 3.35. The van der Waals surface area contributed by atoms with Crippen molar-refractivity contribution < 1.29 is 0 Å². The Bertz CT molecular complexity index is 707. The van der Waals surface area contributed by atoms with Crippen LogP contribution < -0.4 is 11.3 Å².